The molecule has 1 spiro atoms. The van der Waals surface area contributed by atoms with E-state index in [1.165, 1.54) is 16.7 Å². The summed E-state index contributed by atoms with van der Waals surface area (Å²) in [4.78, 5) is 2.19. The van der Waals surface area contributed by atoms with Crippen LogP contribution in [0.5, 0.6) is 5.75 Å². The van der Waals surface area contributed by atoms with E-state index in [9.17, 15) is 0 Å². The molecule has 3 aromatic carbocycles. The summed E-state index contributed by atoms with van der Waals surface area (Å²) in [7, 11) is 0. The van der Waals surface area contributed by atoms with Gasteiger partial charge in [-0.15, -0.1) is 11.8 Å². The predicted octanol–water partition coefficient (Wildman–Crippen LogP) is 5.89. The van der Waals surface area contributed by atoms with Crippen molar-refractivity contribution in [3.05, 3.63) is 108 Å². The van der Waals surface area contributed by atoms with E-state index < -0.39 is 0 Å². The van der Waals surface area contributed by atoms with Crippen LogP contribution in [0, 0.1) is 6.73 Å². The fourth-order valence-electron chi connectivity index (χ4n) is 4.32. The zero-order chi connectivity index (χ0) is 18.8. The van der Waals surface area contributed by atoms with Crippen LogP contribution in [0.15, 0.2) is 84.9 Å². The maximum atomic E-state index is 5.73. The van der Waals surface area contributed by atoms with Gasteiger partial charge in [-0.05, 0) is 41.7 Å². The lowest BCUT2D eigenvalue weighted by molar-refractivity contribution is 0.158. The lowest BCUT2D eigenvalue weighted by Gasteiger charge is -2.38. The molecule has 1 unspecified atom stereocenters. The van der Waals surface area contributed by atoms with Crippen LogP contribution >= 0.6 is 11.8 Å². The number of likely N-dealkylation sites (tertiary alicyclic amines) is 1. The summed E-state index contributed by atoms with van der Waals surface area (Å²) in [5.41, 5.74) is 4.42. The average Bonchev–Trinajstić information content (AvgIpc) is 3.09. The number of hydrogen-bond acceptors (Lipinski definition) is 3. The van der Waals surface area contributed by atoms with Crippen LogP contribution in [0.25, 0.3) is 0 Å². The third-order valence-corrected chi connectivity index (χ3v) is 7.63. The standard InChI is InChI=1S/C25H23NOS/c1-3-9-20(10-4-1)24-22-13-7-8-14-23(22)25(28-24)15-17-26(18-16-25)19-27-21-11-5-2-6-12-21/h1-14,24H,15-18H2. The summed E-state index contributed by atoms with van der Waals surface area (Å²) in [5.74, 6) is 0.840. The van der Waals surface area contributed by atoms with E-state index in [0.29, 0.717) is 5.25 Å². The summed E-state index contributed by atoms with van der Waals surface area (Å²) in [6.45, 7) is 5.07. The van der Waals surface area contributed by atoms with Crippen molar-refractivity contribution in [1.82, 2.24) is 4.90 Å². The van der Waals surface area contributed by atoms with Crippen LogP contribution in [-0.2, 0) is 4.75 Å². The summed E-state index contributed by atoms with van der Waals surface area (Å²) in [6.07, 6.45) is 2.23. The van der Waals surface area contributed by atoms with Gasteiger partial charge in [0.1, 0.15) is 5.75 Å². The van der Waals surface area contributed by atoms with Crippen LogP contribution in [0.1, 0.15) is 34.8 Å². The lowest BCUT2D eigenvalue weighted by atomic mass is 9.84. The van der Waals surface area contributed by atoms with E-state index in [1.807, 2.05) is 30.3 Å². The third kappa shape index (κ3) is 3.34. The Hall–Kier alpha value is -2.23. The van der Waals surface area contributed by atoms with Crippen molar-refractivity contribution in [1.29, 1.82) is 0 Å². The first-order chi connectivity index (χ1) is 13.8. The van der Waals surface area contributed by atoms with Gasteiger partial charge in [-0.2, -0.15) is 0 Å². The molecule has 1 atom stereocenters. The van der Waals surface area contributed by atoms with E-state index in [0.717, 1.165) is 31.7 Å². The van der Waals surface area contributed by atoms with Crippen LogP contribution in [0.4, 0.5) is 0 Å². The fourth-order valence-corrected chi connectivity index (χ4v) is 6.13. The minimum Gasteiger partial charge on any atom is -0.460 e. The molecular formula is C25H23NOS. The van der Waals surface area contributed by atoms with E-state index in [2.05, 4.69) is 78.0 Å². The van der Waals surface area contributed by atoms with Crippen molar-refractivity contribution < 1.29 is 4.74 Å². The maximum absolute atomic E-state index is 5.73. The van der Waals surface area contributed by atoms with Crippen molar-refractivity contribution in [2.75, 3.05) is 13.1 Å². The van der Waals surface area contributed by atoms with Crippen molar-refractivity contribution in [2.45, 2.75) is 22.8 Å². The molecule has 2 nitrogen and oxygen atoms in total. The van der Waals surface area contributed by atoms with Gasteiger partial charge in [0, 0.05) is 17.8 Å². The molecule has 0 amide bonds. The van der Waals surface area contributed by atoms with Crippen molar-refractivity contribution in [2.24, 2.45) is 0 Å². The maximum Gasteiger partial charge on any atom is 0.282 e. The molecule has 0 N–H and O–H groups in total. The Morgan fingerprint density at radius 2 is 1.46 bits per heavy atom. The number of thioether (sulfide) groups is 1. The highest BCUT2D eigenvalue weighted by Crippen LogP contribution is 2.61. The van der Waals surface area contributed by atoms with Crippen molar-refractivity contribution >= 4 is 11.8 Å². The van der Waals surface area contributed by atoms with Gasteiger partial charge in [0.15, 0.2) is 0 Å². The second-order valence-electron chi connectivity index (χ2n) is 7.48. The molecule has 0 aromatic heterocycles. The Labute approximate surface area is 171 Å². The fraction of sp³-hybridized carbons (Fsp3) is 0.240. The topological polar surface area (TPSA) is 12.5 Å². The molecule has 1 fully saturated rings. The highest BCUT2D eigenvalue weighted by atomic mass is 32.2. The highest BCUT2D eigenvalue weighted by molar-refractivity contribution is 8.01. The van der Waals surface area contributed by atoms with E-state index in [-0.39, 0.29) is 4.75 Å². The molecule has 5 rings (SSSR count). The number of fused-ring (bicyclic) bond motifs is 2. The minimum absolute atomic E-state index is 0.196. The van der Waals surface area contributed by atoms with Gasteiger partial charge in [-0.3, -0.25) is 4.90 Å². The minimum atomic E-state index is 0.196. The monoisotopic (exact) mass is 385 g/mol. The molecule has 2 aliphatic heterocycles. The first-order valence-corrected chi connectivity index (χ1v) is 10.8. The Balaban J connectivity index is 1.31. The number of para-hydroxylation sites is 1. The van der Waals surface area contributed by atoms with Gasteiger partial charge >= 0.3 is 0 Å². The second kappa shape index (κ2) is 7.65. The van der Waals surface area contributed by atoms with Crippen LogP contribution in [-0.4, -0.2) is 18.0 Å². The van der Waals surface area contributed by atoms with E-state index >= 15 is 0 Å². The normalized spacial score (nSPS) is 20.8. The average molecular weight is 386 g/mol. The zero-order valence-electron chi connectivity index (χ0n) is 15.8. The molecular weight excluding hydrogens is 362 g/mol. The summed E-state index contributed by atoms with van der Waals surface area (Å²) >= 11 is 2.14. The number of ether oxygens (including phenoxy) is 1. The second-order valence-corrected chi connectivity index (χ2v) is 8.97. The van der Waals surface area contributed by atoms with Crippen LogP contribution < -0.4 is 4.74 Å². The molecule has 0 aliphatic carbocycles. The SMILES string of the molecule is [C](Oc1ccccc1)N1CCC2(CC1)SC(c1ccccc1)c1ccccc12. The van der Waals surface area contributed by atoms with Crippen molar-refractivity contribution in [3.63, 3.8) is 0 Å². The largest absolute Gasteiger partial charge is 0.460 e. The summed E-state index contributed by atoms with van der Waals surface area (Å²) in [5, 5.41) is 0.428. The smallest absolute Gasteiger partial charge is 0.282 e. The number of hydrogen-bond donors (Lipinski definition) is 0. The Morgan fingerprint density at radius 3 is 2.21 bits per heavy atom. The molecule has 2 aliphatic rings. The highest BCUT2D eigenvalue weighted by Gasteiger charge is 2.46. The van der Waals surface area contributed by atoms with Crippen LogP contribution in [0.2, 0.25) is 0 Å². The molecule has 0 bridgehead atoms. The van der Waals surface area contributed by atoms with Gasteiger partial charge in [-0.1, -0.05) is 72.8 Å². The van der Waals surface area contributed by atoms with Gasteiger partial charge in [0.05, 0.1) is 5.25 Å². The molecule has 1 saturated heterocycles. The number of nitrogens with zero attached hydrogens (tertiary/aromatic N) is 1. The predicted molar refractivity (Wildman–Crippen MR) is 115 cm³/mol. The van der Waals surface area contributed by atoms with Crippen molar-refractivity contribution in [3.8, 4) is 5.75 Å². The molecule has 2 heterocycles. The molecule has 0 saturated carbocycles. The van der Waals surface area contributed by atoms with Gasteiger partial charge in [-0.25, -0.2) is 0 Å². The molecule has 2 radical (unpaired) electrons. The quantitative estimate of drug-likeness (QED) is 0.556. The first-order valence-electron chi connectivity index (χ1n) is 9.89. The number of piperidine rings is 1. The van der Waals surface area contributed by atoms with Crippen LogP contribution in [0.3, 0.4) is 0 Å². The number of rotatable bonds is 4. The van der Waals surface area contributed by atoms with Gasteiger partial charge in [0.2, 0.25) is 0 Å². The first kappa shape index (κ1) is 17.8. The Morgan fingerprint density at radius 1 is 0.821 bits per heavy atom. The third-order valence-electron chi connectivity index (χ3n) is 5.79. The molecule has 3 heteroatoms. The van der Waals surface area contributed by atoms with E-state index in [4.69, 9.17) is 4.74 Å². The van der Waals surface area contributed by atoms with Gasteiger partial charge in [0.25, 0.3) is 6.73 Å². The Bertz CT molecular complexity index is 920. The molecule has 140 valence electrons. The summed E-state index contributed by atoms with van der Waals surface area (Å²) < 4.78 is 5.92. The zero-order valence-corrected chi connectivity index (χ0v) is 16.6. The molecule has 28 heavy (non-hydrogen) atoms. The van der Waals surface area contributed by atoms with Gasteiger partial charge < -0.3 is 4.74 Å². The lowest BCUT2D eigenvalue weighted by Crippen LogP contribution is -2.39. The molecule has 3 aromatic rings. The van der Waals surface area contributed by atoms with E-state index in [1.54, 1.807) is 0 Å². The number of benzene rings is 3. The Kier molecular flexibility index (Phi) is 4.87. The summed E-state index contributed by atoms with van der Waals surface area (Å²) in [6, 6.07) is 29.8.